The van der Waals surface area contributed by atoms with Gasteiger partial charge < -0.3 is 9.84 Å². The molecule has 0 aliphatic rings. The molecule has 0 spiro atoms. The van der Waals surface area contributed by atoms with Crippen molar-refractivity contribution in [1.29, 1.82) is 0 Å². The van der Waals surface area contributed by atoms with E-state index in [0.29, 0.717) is 5.75 Å². The number of phenols is 1. The summed E-state index contributed by atoms with van der Waals surface area (Å²) >= 11 is 0. The van der Waals surface area contributed by atoms with Crippen LogP contribution in [0, 0.1) is 6.92 Å². The number of hydrogen-bond acceptors (Lipinski definition) is 4. The maximum Gasteiger partial charge on any atom is 0.160 e. The Morgan fingerprint density at radius 2 is 1.90 bits per heavy atom. The SMILES string of the molecule is CCN(/N=C\c1ccc(OC)c(O)c1)c1ccc(C)cc1. The molecule has 0 aliphatic heterocycles. The number of aryl methyl sites for hydroxylation is 1. The zero-order valence-electron chi connectivity index (χ0n) is 12.6. The van der Waals surface area contributed by atoms with Crippen molar-refractivity contribution in [2.24, 2.45) is 5.10 Å². The smallest absolute Gasteiger partial charge is 0.160 e. The minimum atomic E-state index is 0.111. The highest BCUT2D eigenvalue weighted by Gasteiger charge is 2.03. The Labute approximate surface area is 125 Å². The van der Waals surface area contributed by atoms with E-state index in [0.717, 1.165) is 17.8 Å². The van der Waals surface area contributed by atoms with Crippen molar-refractivity contribution in [3.8, 4) is 11.5 Å². The molecule has 21 heavy (non-hydrogen) atoms. The third-order valence-electron chi connectivity index (χ3n) is 3.18. The lowest BCUT2D eigenvalue weighted by Gasteiger charge is -2.17. The number of methoxy groups -OCH3 is 1. The van der Waals surface area contributed by atoms with Crippen molar-refractivity contribution in [3.63, 3.8) is 0 Å². The van der Waals surface area contributed by atoms with Crippen LogP contribution in [0.1, 0.15) is 18.1 Å². The molecule has 0 bridgehead atoms. The Hall–Kier alpha value is -2.49. The molecule has 0 amide bonds. The summed E-state index contributed by atoms with van der Waals surface area (Å²) in [6.07, 6.45) is 1.72. The maximum absolute atomic E-state index is 9.76. The van der Waals surface area contributed by atoms with Crippen LogP contribution < -0.4 is 9.75 Å². The number of ether oxygens (including phenoxy) is 1. The average Bonchev–Trinajstić information content (AvgIpc) is 2.49. The Balaban J connectivity index is 2.17. The van der Waals surface area contributed by atoms with E-state index in [-0.39, 0.29) is 5.75 Å². The lowest BCUT2D eigenvalue weighted by molar-refractivity contribution is 0.373. The monoisotopic (exact) mass is 284 g/mol. The Kier molecular flexibility index (Phi) is 4.82. The van der Waals surface area contributed by atoms with Crippen LogP contribution in [-0.4, -0.2) is 25.0 Å². The molecule has 4 heteroatoms. The fourth-order valence-electron chi connectivity index (χ4n) is 1.97. The van der Waals surface area contributed by atoms with Crippen molar-refractivity contribution in [2.75, 3.05) is 18.7 Å². The van der Waals surface area contributed by atoms with Gasteiger partial charge in [-0.15, -0.1) is 0 Å². The average molecular weight is 284 g/mol. The van der Waals surface area contributed by atoms with Gasteiger partial charge >= 0.3 is 0 Å². The van der Waals surface area contributed by atoms with Crippen LogP contribution in [0.15, 0.2) is 47.6 Å². The standard InChI is InChI=1S/C17H20N2O2/c1-4-19(15-8-5-13(2)6-9-15)18-12-14-7-10-17(21-3)16(20)11-14/h5-12,20H,4H2,1-3H3/b18-12-. The number of phenolic OH excluding ortho intramolecular Hbond substituents is 1. The minimum Gasteiger partial charge on any atom is -0.504 e. The van der Waals surface area contributed by atoms with E-state index < -0.39 is 0 Å². The molecule has 2 rings (SSSR count). The van der Waals surface area contributed by atoms with Gasteiger partial charge in [-0.25, -0.2) is 0 Å². The second-order valence-corrected chi connectivity index (χ2v) is 4.73. The lowest BCUT2D eigenvalue weighted by atomic mass is 10.2. The molecule has 2 aromatic carbocycles. The van der Waals surface area contributed by atoms with Crippen molar-refractivity contribution < 1.29 is 9.84 Å². The number of rotatable bonds is 5. The first kappa shape index (κ1) is 14.9. The van der Waals surface area contributed by atoms with Gasteiger partial charge in [0.2, 0.25) is 0 Å². The molecule has 2 aromatic rings. The summed E-state index contributed by atoms with van der Waals surface area (Å²) in [6, 6.07) is 13.4. The molecule has 0 aliphatic carbocycles. The number of hydrazone groups is 1. The predicted molar refractivity (Wildman–Crippen MR) is 86.5 cm³/mol. The second kappa shape index (κ2) is 6.79. The van der Waals surface area contributed by atoms with Crippen LogP contribution in [-0.2, 0) is 0 Å². The second-order valence-electron chi connectivity index (χ2n) is 4.73. The number of hydrogen-bond donors (Lipinski definition) is 1. The number of anilines is 1. The van der Waals surface area contributed by atoms with Gasteiger partial charge in [-0.1, -0.05) is 17.7 Å². The molecular formula is C17H20N2O2. The highest BCUT2D eigenvalue weighted by Crippen LogP contribution is 2.25. The lowest BCUT2D eigenvalue weighted by Crippen LogP contribution is -2.15. The number of nitrogens with zero attached hydrogens (tertiary/aromatic N) is 2. The molecule has 0 saturated heterocycles. The molecule has 0 heterocycles. The Morgan fingerprint density at radius 3 is 2.48 bits per heavy atom. The maximum atomic E-state index is 9.76. The van der Waals surface area contributed by atoms with Gasteiger partial charge in [-0.05, 0) is 49.7 Å². The largest absolute Gasteiger partial charge is 0.504 e. The molecule has 0 saturated carbocycles. The van der Waals surface area contributed by atoms with E-state index in [1.807, 2.05) is 30.1 Å². The minimum absolute atomic E-state index is 0.111. The third-order valence-corrected chi connectivity index (χ3v) is 3.18. The summed E-state index contributed by atoms with van der Waals surface area (Å²) in [7, 11) is 1.53. The van der Waals surface area contributed by atoms with Gasteiger partial charge in [-0.2, -0.15) is 5.10 Å². The van der Waals surface area contributed by atoms with Crippen LogP contribution >= 0.6 is 0 Å². The quantitative estimate of drug-likeness (QED) is 0.674. The van der Waals surface area contributed by atoms with Gasteiger partial charge in [0.1, 0.15) is 0 Å². The van der Waals surface area contributed by atoms with E-state index in [2.05, 4.69) is 24.2 Å². The first-order chi connectivity index (χ1) is 10.1. The van der Waals surface area contributed by atoms with E-state index in [1.165, 1.54) is 12.7 Å². The van der Waals surface area contributed by atoms with E-state index >= 15 is 0 Å². The summed E-state index contributed by atoms with van der Waals surface area (Å²) in [5, 5.41) is 16.1. The van der Waals surface area contributed by atoms with Crippen molar-refractivity contribution in [2.45, 2.75) is 13.8 Å². The highest BCUT2D eigenvalue weighted by molar-refractivity contribution is 5.81. The summed E-state index contributed by atoms with van der Waals surface area (Å²) in [5.41, 5.74) is 3.08. The zero-order valence-corrected chi connectivity index (χ0v) is 12.6. The van der Waals surface area contributed by atoms with Crippen LogP contribution in [0.4, 0.5) is 5.69 Å². The summed E-state index contributed by atoms with van der Waals surface area (Å²) in [5.74, 6) is 0.567. The molecule has 0 radical (unpaired) electrons. The zero-order chi connectivity index (χ0) is 15.2. The summed E-state index contributed by atoms with van der Waals surface area (Å²) in [6.45, 7) is 4.87. The van der Waals surface area contributed by atoms with Crippen molar-refractivity contribution >= 4 is 11.9 Å². The first-order valence-corrected chi connectivity index (χ1v) is 6.89. The van der Waals surface area contributed by atoms with Crippen molar-refractivity contribution in [3.05, 3.63) is 53.6 Å². The topological polar surface area (TPSA) is 45.1 Å². The number of aromatic hydroxyl groups is 1. The molecule has 1 N–H and O–H groups in total. The summed E-state index contributed by atoms with van der Waals surface area (Å²) in [4.78, 5) is 0. The van der Waals surface area contributed by atoms with E-state index in [9.17, 15) is 5.11 Å². The normalized spacial score (nSPS) is 10.8. The van der Waals surface area contributed by atoms with Crippen molar-refractivity contribution in [1.82, 2.24) is 0 Å². The first-order valence-electron chi connectivity index (χ1n) is 6.89. The molecule has 0 aromatic heterocycles. The summed E-state index contributed by atoms with van der Waals surface area (Å²) < 4.78 is 5.02. The van der Waals surface area contributed by atoms with Crippen LogP contribution in [0.5, 0.6) is 11.5 Å². The highest BCUT2D eigenvalue weighted by atomic mass is 16.5. The van der Waals surface area contributed by atoms with Gasteiger partial charge in [0, 0.05) is 6.54 Å². The van der Waals surface area contributed by atoms with Gasteiger partial charge in [-0.3, -0.25) is 5.01 Å². The third kappa shape index (κ3) is 3.75. The molecular weight excluding hydrogens is 264 g/mol. The van der Waals surface area contributed by atoms with Crippen LogP contribution in [0.3, 0.4) is 0 Å². The van der Waals surface area contributed by atoms with E-state index in [4.69, 9.17) is 4.74 Å². The fourth-order valence-corrected chi connectivity index (χ4v) is 1.97. The Bertz CT molecular complexity index is 621. The molecule has 0 atom stereocenters. The van der Waals surface area contributed by atoms with Gasteiger partial charge in [0.05, 0.1) is 19.0 Å². The molecule has 0 unspecified atom stereocenters. The van der Waals surface area contributed by atoms with Gasteiger partial charge in [0.25, 0.3) is 0 Å². The fraction of sp³-hybridized carbons (Fsp3) is 0.235. The van der Waals surface area contributed by atoms with Crippen LogP contribution in [0.2, 0.25) is 0 Å². The number of benzene rings is 2. The molecule has 110 valence electrons. The van der Waals surface area contributed by atoms with Crippen LogP contribution in [0.25, 0.3) is 0 Å². The molecule has 0 fully saturated rings. The molecule has 4 nitrogen and oxygen atoms in total. The predicted octanol–water partition coefficient (Wildman–Crippen LogP) is 3.57. The Morgan fingerprint density at radius 1 is 1.19 bits per heavy atom. The van der Waals surface area contributed by atoms with Gasteiger partial charge in [0.15, 0.2) is 11.5 Å². The van der Waals surface area contributed by atoms with E-state index in [1.54, 1.807) is 18.3 Å².